The third-order valence-corrected chi connectivity index (χ3v) is 2.56. The predicted octanol–water partition coefficient (Wildman–Crippen LogP) is 3.40. The van der Waals surface area contributed by atoms with Crippen LogP contribution in [0, 0.1) is 6.92 Å². The van der Waals surface area contributed by atoms with Crippen LogP contribution in [0.5, 0.6) is 0 Å². The average Bonchev–Trinajstić information content (AvgIpc) is 2.14. The fraction of sp³-hybridized carbons (Fsp3) is 0.538. The minimum atomic E-state index is 1.21. The molecule has 0 fully saturated rings. The molecule has 0 radical (unpaired) electrons. The van der Waals surface area contributed by atoms with Gasteiger partial charge in [0.1, 0.15) is 0 Å². The van der Waals surface area contributed by atoms with Crippen molar-refractivity contribution in [3.63, 3.8) is 0 Å². The highest BCUT2D eigenvalue weighted by Crippen LogP contribution is 2.19. The summed E-state index contributed by atoms with van der Waals surface area (Å²) >= 11 is 0. The first-order valence-electron chi connectivity index (χ1n) is 5.42. The number of rotatable bonds is 4. The first-order valence-corrected chi connectivity index (χ1v) is 5.42. The van der Waals surface area contributed by atoms with Gasteiger partial charge < -0.3 is 4.90 Å². The van der Waals surface area contributed by atoms with Gasteiger partial charge in [-0.15, -0.1) is 0 Å². The lowest BCUT2D eigenvalue weighted by molar-refractivity contribution is 0.794. The van der Waals surface area contributed by atoms with Crippen LogP contribution in [-0.2, 0) is 6.42 Å². The van der Waals surface area contributed by atoms with Crippen LogP contribution in [0.4, 0.5) is 5.69 Å². The van der Waals surface area contributed by atoms with Gasteiger partial charge in [-0.2, -0.15) is 0 Å². The van der Waals surface area contributed by atoms with Crippen LogP contribution in [-0.4, -0.2) is 14.1 Å². The van der Waals surface area contributed by atoms with Crippen molar-refractivity contribution in [2.45, 2.75) is 33.1 Å². The number of nitrogens with zero attached hydrogens (tertiary/aromatic N) is 1. The number of benzene rings is 1. The summed E-state index contributed by atoms with van der Waals surface area (Å²) in [6.45, 7) is 4.42. The lowest BCUT2D eigenvalue weighted by atomic mass is 10.0. The summed E-state index contributed by atoms with van der Waals surface area (Å²) in [5.74, 6) is 0. The monoisotopic (exact) mass is 191 g/mol. The maximum atomic E-state index is 2.31. The quantitative estimate of drug-likeness (QED) is 0.705. The zero-order valence-corrected chi connectivity index (χ0v) is 9.80. The maximum absolute atomic E-state index is 2.31. The number of aryl methyl sites for hydroxylation is 2. The van der Waals surface area contributed by atoms with Crippen LogP contribution in [0.15, 0.2) is 18.2 Å². The van der Waals surface area contributed by atoms with Crippen LogP contribution in [0.1, 0.15) is 30.9 Å². The van der Waals surface area contributed by atoms with Gasteiger partial charge in [0.05, 0.1) is 0 Å². The second kappa shape index (κ2) is 5.04. The Morgan fingerprint density at radius 2 is 1.93 bits per heavy atom. The Labute approximate surface area is 87.7 Å². The Balaban J connectivity index is 2.78. The summed E-state index contributed by atoms with van der Waals surface area (Å²) < 4.78 is 0. The van der Waals surface area contributed by atoms with Crippen LogP contribution in [0.3, 0.4) is 0 Å². The van der Waals surface area contributed by atoms with Crippen molar-refractivity contribution in [2.24, 2.45) is 0 Å². The molecule has 0 N–H and O–H groups in total. The molecule has 78 valence electrons. The van der Waals surface area contributed by atoms with Gasteiger partial charge in [0.15, 0.2) is 0 Å². The summed E-state index contributed by atoms with van der Waals surface area (Å²) in [5.41, 5.74) is 4.17. The van der Waals surface area contributed by atoms with Crippen LogP contribution >= 0.6 is 0 Å². The average molecular weight is 191 g/mol. The van der Waals surface area contributed by atoms with E-state index in [2.05, 4.69) is 51.0 Å². The Morgan fingerprint density at radius 1 is 1.21 bits per heavy atom. The molecule has 0 bridgehead atoms. The van der Waals surface area contributed by atoms with Gasteiger partial charge >= 0.3 is 0 Å². The molecule has 0 atom stereocenters. The topological polar surface area (TPSA) is 3.24 Å². The molecule has 0 unspecified atom stereocenters. The lowest BCUT2D eigenvalue weighted by Crippen LogP contribution is -2.10. The maximum Gasteiger partial charge on any atom is 0.0390 e. The van der Waals surface area contributed by atoms with Crippen molar-refractivity contribution in [2.75, 3.05) is 19.0 Å². The van der Waals surface area contributed by atoms with Crippen molar-refractivity contribution in [3.8, 4) is 0 Å². The molecule has 1 aromatic rings. The van der Waals surface area contributed by atoms with E-state index in [4.69, 9.17) is 0 Å². The van der Waals surface area contributed by atoms with E-state index in [1.807, 2.05) is 0 Å². The van der Waals surface area contributed by atoms with E-state index in [1.54, 1.807) is 0 Å². The minimum absolute atomic E-state index is 1.21. The molecule has 1 heteroatoms. The zero-order valence-electron chi connectivity index (χ0n) is 9.80. The minimum Gasteiger partial charge on any atom is -0.377 e. The van der Waals surface area contributed by atoms with E-state index in [0.717, 1.165) is 0 Å². The molecule has 0 aliphatic carbocycles. The second-order valence-corrected chi connectivity index (χ2v) is 4.12. The standard InChI is InChI=1S/C13H21N/c1-5-6-7-12-8-9-13(14(3)4)11(2)10-12/h8-10H,5-7H2,1-4H3. The molecule has 0 spiro atoms. The van der Waals surface area contributed by atoms with Gasteiger partial charge in [0, 0.05) is 19.8 Å². The van der Waals surface area contributed by atoms with Crippen LogP contribution < -0.4 is 4.90 Å². The summed E-state index contributed by atoms with van der Waals surface area (Å²) in [4.78, 5) is 2.17. The van der Waals surface area contributed by atoms with E-state index < -0.39 is 0 Å². The van der Waals surface area contributed by atoms with Crippen molar-refractivity contribution in [3.05, 3.63) is 29.3 Å². The fourth-order valence-corrected chi connectivity index (χ4v) is 1.76. The highest BCUT2D eigenvalue weighted by Gasteiger charge is 2.01. The summed E-state index contributed by atoms with van der Waals surface area (Å²) in [6, 6.07) is 6.78. The Hall–Kier alpha value is -0.980. The van der Waals surface area contributed by atoms with E-state index in [1.165, 1.54) is 36.1 Å². The van der Waals surface area contributed by atoms with E-state index >= 15 is 0 Å². The fourth-order valence-electron chi connectivity index (χ4n) is 1.76. The van der Waals surface area contributed by atoms with Gasteiger partial charge in [-0.05, 0) is 37.0 Å². The van der Waals surface area contributed by atoms with Gasteiger partial charge in [0.25, 0.3) is 0 Å². The summed E-state index contributed by atoms with van der Waals surface area (Å²) in [5, 5.41) is 0. The molecule has 0 aromatic heterocycles. The molecule has 0 heterocycles. The highest BCUT2D eigenvalue weighted by atomic mass is 15.1. The normalized spacial score (nSPS) is 10.3. The van der Waals surface area contributed by atoms with Gasteiger partial charge in [-0.3, -0.25) is 0 Å². The van der Waals surface area contributed by atoms with Crippen molar-refractivity contribution >= 4 is 5.69 Å². The van der Waals surface area contributed by atoms with E-state index in [-0.39, 0.29) is 0 Å². The van der Waals surface area contributed by atoms with Crippen LogP contribution in [0.25, 0.3) is 0 Å². The third-order valence-electron chi connectivity index (χ3n) is 2.56. The largest absolute Gasteiger partial charge is 0.377 e. The van der Waals surface area contributed by atoms with Gasteiger partial charge in [0.2, 0.25) is 0 Å². The smallest absolute Gasteiger partial charge is 0.0390 e. The molecule has 0 amide bonds. The Kier molecular flexibility index (Phi) is 3.99. The number of hydrogen-bond acceptors (Lipinski definition) is 1. The van der Waals surface area contributed by atoms with E-state index in [0.29, 0.717) is 0 Å². The molecule has 1 aromatic carbocycles. The zero-order chi connectivity index (χ0) is 10.6. The third kappa shape index (κ3) is 2.76. The molecule has 0 saturated carbocycles. The lowest BCUT2D eigenvalue weighted by Gasteiger charge is -2.16. The molecular weight excluding hydrogens is 170 g/mol. The number of anilines is 1. The van der Waals surface area contributed by atoms with Crippen molar-refractivity contribution in [1.82, 2.24) is 0 Å². The second-order valence-electron chi connectivity index (χ2n) is 4.12. The predicted molar refractivity (Wildman–Crippen MR) is 64.1 cm³/mol. The molecular formula is C13H21N. The molecule has 0 aliphatic heterocycles. The number of hydrogen-bond donors (Lipinski definition) is 0. The molecule has 0 aliphatic rings. The first-order chi connectivity index (χ1) is 6.65. The Morgan fingerprint density at radius 3 is 2.43 bits per heavy atom. The number of unbranched alkanes of at least 4 members (excludes halogenated alkanes) is 1. The molecule has 1 rings (SSSR count). The van der Waals surface area contributed by atoms with Crippen LogP contribution in [0.2, 0.25) is 0 Å². The molecule has 14 heavy (non-hydrogen) atoms. The molecule has 1 nitrogen and oxygen atoms in total. The van der Waals surface area contributed by atoms with Crippen molar-refractivity contribution < 1.29 is 0 Å². The Bertz CT molecular complexity index is 289. The van der Waals surface area contributed by atoms with E-state index in [9.17, 15) is 0 Å². The highest BCUT2D eigenvalue weighted by molar-refractivity contribution is 5.53. The van der Waals surface area contributed by atoms with Gasteiger partial charge in [-0.1, -0.05) is 25.5 Å². The SMILES string of the molecule is CCCCc1ccc(N(C)C)c(C)c1. The van der Waals surface area contributed by atoms with Gasteiger partial charge in [-0.25, -0.2) is 0 Å². The summed E-state index contributed by atoms with van der Waals surface area (Å²) in [7, 11) is 4.18. The molecule has 0 saturated heterocycles. The van der Waals surface area contributed by atoms with Crippen molar-refractivity contribution in [1.29, 1.82) is 0 Å². The summed E-state index contributed by atoms with van der Waals surface area (Å²) in [6.07, 6.45) is 3.78. The first kappa shape index (κ1) is 11.1.